The fourth-order valence-corrected chi connectivity index (χ4v) is 3.75. The van der Waals surface area contributed by atoms with Crippen LogP contribution in [0.3, 0.4) is 0 Å². The molecule has 3 aliphatic rings. The maximum atomic E-state index is 9.83. The molecule has 0 aromatic rings. The predicted octanol–water partition coefficient (Wildman–Crippen LogP) is 3.76. The number of carbonyl (C=O) groups is 1. The molecule has 2 atom stereocenters. The summed E-state index contributed by atoms with van der Waals surface area (Å²) in [7, 11) is 0. The molecule has 0 amide bonds. The molecule has 21 heavy (non-hydrogen) atoms. The molecule has 2 aliphatic carbocycles. The van der Waals surface area contributed by atoms with E-state index in [1.807, 2.05) is 0 Å². The van der Waals surface area contributed by atoms with Gasteiger partial charge in [-0.05, 0) is 31.1 Å². The lowest BCUT2D eigenvalue weighted by atomic mass is 9.69. The Balaban J connectivity index is 0.000000199. The topological polar surface area (TPSA) is 55.8 Å². The first-order valence-electron chi connectivity index (χ1n) is 8.25. The molecule has 0 aromatic carbocycles. The number of hydrogen-bond acceptors (Lipinski definition) is 3. The van der Waals surface area contributed by atoms with Crippen molar-refractivity contribution in [1.29, 1.82) is 0 Å². The molecule has 1 N–H and O–H groups in total. The van der Waals surface area contributed by atoms with Crippen molar-refractivity contribution in [2.24, 2.45) is 11.8 Å². The van der Waals surface area contributed by atoms with Crippen LogP contribution in [0.4, 0.5) is 0 Å². The van der Waals surface area contributed by atoms with Crippen LogP contribution in [0, 0.1) is 11.8 Å². The van der Waals surface area contributed by atoms with Gasteiger partial charge in [-0.25, -0.2) is 4.79 Å². The predicted molar refractivity (Wildman–Crippen MR) is 81.0 cm³/mol. The normalized spacial score (nSPS) is 30.1. The minimum Gasteiger partial charge on any atom is -0.478 e. The van der Waals surface area contributed by atoms with Crippen LogP contribution < -0.4 is 0 Å². The smallest absolute Gasteiger partial charge is 0.330 e. The van der Waals surface area contributed by atoms with Gasteiger partial charge in [0.1, 0.15) is 0 Å². The molecule has 0 aromatic heterocycles. The third-order valence-electron chi connectivity index (χ3n) is 5.08. The summed E-state index contributed by atoms with van der Waals surface area (Å²) < 4.78 is 11.6. The van der Waals surface area contributed by atoms with E-state index < -0.39 is 5.97 Å². The molecule has 2 unspecified atom stereocenters. The Kier molecular flexibility index (Phi) is 5.82. The van der Waals surface area contributed by atoms with E-state index in [2.05, 4.69) is 6.58 Å². The maximum Gasteiger partial charge on any atom is 0.330 e. The molecule has 2 saturated carbocycles. The Bertz CT molecular complexity index is 371. The van der Waals surface area contributed by atoms with E-state index in [1.165, 1.54) is 38.5 Å². The Morgan fingerprint density at radius 1 is 1.19 bits per heavy atom. The van der Waals surface area contributed by atoms with Gasteiger partial charge in [0.15, 0.2) is 5.79 Å². The number of hydrogen-bond donors (Lipinski definition) is 1. The lowest BCUT2D eigenvalue weighted by Crippen LogP contribution is -2.41. The van der Waals surface area contributed by atoms with Gasteiger partial charge in [-0.2, -0.15) is 0 Å². The standard InChI is InChI=1S/C12H20O2.C5H8O2/c1-2-4-11-9-12(13-7-8-14-12)6-5-10(11)3-1;1-3-4(2)5(6)7/h10-11H,1-9H2;2-3H2,1H3,(H,6,7). The molecule has 1 saturated heterocycles. The SMILES string of the molecule is C1CCC2CC3(CCC2C1)OCCO3.C=C(CC)C(=O)O. The van der Waals surface area contributed by atoms with Gasteiger partial charge < -0.3 is 14.6 Å². The second-order valence-corrected chi connectivity index (χ2v) is 6.42. The average Bonchev–Trinajstić information content (AvgIpc) is 2.94. The second-order valence-electron chi connectivity index (χ2n) is 6.42. The summed E-state index contributed by atoms with van der Waals surface area (Å²) in [6.45, 7) is 6.67. The third kappa shape index (κ3) is 4.30. The zero-order chi connectivity index (χ0) is 15.3. The van der Waals surface area contributed by atoms with Gasteiger partial charge in [0.25, 0.3) is 0 Å². The highest BCUT2D eigenvalue weighted by atomic mass is 16.7. The summed E-state index contributed by atoms with van der Waals surface area (Å²) in [5.41, 5.74) is 0.264. The van der Waals surface area contributed by atoms with Crippen molar-refractivity contribution in [2.45, 2.75) is 64.1 Å². The largest absolute Gasteiger partial charge is 0.478 e. The van der Waals surface area contributed by atoms with Crippen molar-refractivity contribution in [3.8, 4) is 0 Å². The molecule has 3 fully saturated rings. The number of fused-ring (bicyclic) bond motifs is 1. The molecular formula is C17H28O4. The van der Waals surface area contributed by atoms with Crippen LogP contribution in [0.2, 0.25) is 0 Å². The molecule has 4 nitrogen and oxygen atoms in total. The number of carboxylic acid groups (broad SMARTS) is 1. The van der Waals surface area contributed by atoms with Crippen LogP contribution in [0.15, 0.2) is 12.2 Å². The molecule has 3 rings (SSSR count). The molecule has 120 valence electrons. The van der Waals surface area contributed by atoms with Crippen molar-refractivity contribution in [2.75, 3.05) is 13.2 Å². The van der Waals surface area contributed by atoms with Crippen molar-refractivity contribution in [1.82, 2.24) is 0 Å². The maximum absolute atomic E-state index is 9.83. The zero-order valence-corrected chi connectivity index (χ0v) is 13.1. The van der Waals surface area contributed by atoms with Gasteiger partial charge >= 0.3 is 5.97 Å². The summed E-state index contributed by atoms with van der Waals surface area (Å²) in [5, 5.41) is 8.08. The van der Waals surface area contributed by atoms with E-state index in [0.717, 1.165) is 31.5 Å². The Morgan fingerprint density at radius 3 is 2.33 bits per heavy atom. The first-order chi connectivity index (χ1) is 10.1. The zero-order valence-electron chi connectivity index (χ0n) is 13.1. The Labute approximate surface area is 127 Å². The lowest BCUT2D eigenvalue weighted by Gasteiger charge is -2.43. The molecule has 0 radical (unpaired) electrons. The summed E-state index contributed by atoms with van der Waals surface area (Å²) in [5.74, 6) is 0.846. The molecule has 4 heteroatoms. The van der Waals surface area contributed by atoms with Crippen LogP contribution in [-0.2, 0) is 14.3 Å². The van der Waals surface area contributed by atoms with E-state index in [0.29, 0.717) is 6.42 Å². The highest BCUT2D eigenvalue weighted by Gasteiger charge is 2.45. The fourth-order valence-electron chi connectivity index (χ4n) is 3.75. The van der Waals surface area contributed by atoms with Gasteiger partial charge in [-0.3, -0.25) is 0 Å². The third-order valence-corrected chi connectivity index (χ3v) is 5.08. The first-order valence-corrected chi connectivity index (χ1v) is 8.25. The highest BCUT2D eigenvalue weighted by molar-refractivity contribution is 5.85. The molecule has 1 aliphatic heterocycles. The van der Waals surface area contributed by atoms with Crippen LogP contribution in [0.1, 0.15) is 58.3 Å². The summed E-state index contributed by atoms with van der Waals surface area (Å²) >= 11 is 0. The Hall–Kier alpha value is -0.870. The lowest BCUT2D eigenvalue weighted by molar-refractivity contribution is -0.197. The summed E-state index contributed by atoms with van der Waals surface area (Å²) in [4.78, 5) is 9.83. The summed E-state index contributed by atoms with van der Waals surface area (Å²) in [6, 6.07) is 0. The average molecular weight is 296 g/mol. The van der Waals surface area contributed by atoms with Crippen molar-refractivity contribution < 1.29 is 19.4 Å². The first kappa shape index (κ1) is 16.5. The molecule has 0 bridgehead atoms. The van der Waals surface area contributed by atoms with E-state index in [4.69, 9.17) is 14.6 Å². The highest BCUT2D eigenvalue weighted by Crippen LogP contribution is 2.47. The fraction of sp³-hybridized carbons (Fsp3) is 0.824. The summed E-state index contributed by atoms with van der Waals surface area (Å²) in [6.07, 6.45) is 9.94. The van der Waals surface area contributed by atoms with Crippen LogP contribution >= 0.6 is 0 Å². The van der Waals surface area contributed by atoms with Gasteiger partial charge in [-0.15, -0.1) is 0 Å². The Morgan fingerprint density at radius 2 is 1.81 bits per heavy atom. The van der Waals surface area contributed by atoms with Crippen molar-refractivity contribution in [3.05, 3.63) is 12.2 Å². The quantitative estimate of drug-likeness (QED) is 0.788. The monoisotopic (exact) mass is 296 g/mol. The van der Waals surface area contributed by atoms with Gasteiger partial charge in [0.05, 0.1) is 13.2 Å². The van der Waals surface area contributed by atoms with Gasteiger partial charge in [0.2, 0.25) is 0 Å². The van der Waals surface area contributed by atoms with Crippen LogP contribution in [0.5, 0.6) is 0 Å². The minimum absolute atomic E-state index is 0.140. The van der Waals surface area contributed by atoms with E-state index in [1.54, 1.807) is 6.92 Å². The van der Waals surface area contributed by atoms with E-state index in [9.17, 15) is 4.79 Å². The van der Waals surface area contributed by atoms with Crippen LogP contribution in [-0.4, -0.2) is 30.1 Å². The van der Waals surface area contributed by atoms with E-state index >= 15 is 0 Å². The van der Waals surface area contributed by atoms with Crippen molar-refractivity contribution in [3.63, 3.8) is 0 Å². The van der Waals surface area contributed by atoms with E-state index in [-0.39, 0.29) is 11.4 Å². The molecule has 1 spiro atoms. The van der Waals surface area contributed by atoms with Crippen molar-refractivity contribution >= 4 is 5.97 Å². The number of rotatable bonds is 2. The second kappa shape index (κ2) is 7.41. The van der Waals surface area contributed by atoms with Gasteiger partial charge in [-0.1, -0.05) is 32.8 Å². The number of carboxylic acids is 1. The molecular weight excluding hydrogens is 268 g/mol. The van der Waals surface area contributed by atoms with Gasteiger partial charge in [0, 0.05) is 18.4 Å². The number of ether oxygens (including phenoxy) is 2. The minimum atomic E-state index is -0.900. The molecule has 1 heterocycles. The van der Waals surface area contributed by atoms with Crippen LogP contribution in [0.25, 0.3) is 0 Å². The number of aliphatic carboxylic acids is 1.